The van der Waals surface area contributed by atoms with Gasteiger partial charge in [-0.15, -0.1) is 11.3 Å². The maximum Gasteiger partial charge on any atom is 0.0433 e. The average molecular weight is 453 g/mol. The zero-order chi connectivity index (χ0) is 22.9. The smallest absolute Gasteiger partial charge is 0.0433 e. The predicted octanol–water partition coefficient (Wildman–Crippen LogP) is 9.69. The standard InChI is InChI=1S/C33H24S/c1-33(2)29-12-5-3-8-25(29)26-19-18-23(20-30(26)33)21-14-16-22(17-15-21)24-10-7-11-28-27-9-4-6-13-31(27)34-32(24)28/h3-20H,1-2H3. The second-order valence-electron chi connectivity index (χ2n) is 9.79. The fourth-order valence-corrected chi connectivity index (χ4v) is 6.94. The molecule has 1 aliphatic rings. The summed E-state index contributed by atoms with van der Waals surface area (Å²) in [6.45, 7) is 4.69. The first-order chi connectivity index (χ1) is 16.6. The molecular weight excluding hydrogens is 428 g/mol. The second kappa shape index (κ2) is 7.16. The van der Waals surface area contributed by atoms with E-state index >= 15 is 0 Å². The van der Waals surface area contributed by atoms with Crippen LogP contribution in [0.2, 0.25) is 0 Å². The van der Waals surface area contributed by atoms with Crippen LogP contribution in [0.1, 0.15) is 25.0 Å². The van der Waals surface area contributed by atoms with Crippen LogP contribution in [0.4, 0.5) is 0 Å². The minimum absolute atomic E-state index is 0.0265. The molecule has 0 saturated carbocycles. The zero-order valence-corrected chi connectivity index (χ0v) is 20.1. The number of rotatable bonds is 2. The highest BCUT2D eigenvalue weighted by Gasteiger charge is 2.35. The molecule has 0 N–H and O–H groups in total. The Balaban J connectivity index is 1.30. The van der Waals surface area contributed by atoms with E-state index in [2.05, 4.69) is 123 Å². The average Bonchev–Trinajstić information content (AvgIpc) is 3.37. The van der Waals surface area contributed by atoms with E-state index in [-0.39, 0.29) is 5.41 Å². The summed E-state index contributed by atoms with van der Waals surface area (Å²) < 4.78 is 2.72. The Kier molecular flexibility index (Phi) is 4.16. The highest BCUT2D eigenvalue weighted by Crippen LogP contribution is 2.49. The minimum atomic E-state index is 0.0265. The first-order valence-electron chi connectivity index (χ1n) is 11.9. The first kappa shape index (κ1) is 19.8. The van der Waals surface area contributed by atoms with Gasteiger partial charge in [0.15, 0.2) is 0 Å². The van der Waals surface area contributed by atoms with Crippen LogP contribution in [0, 0.1) is 0 Å². The topological polar surface area (TPSA) is 0 Å². The van der Waals surface area contributed by atoms with Crippen molar-refractivity contribution < 1.29 is 0 Å². The van der Waals surface area contributed by atoms with E-state index < -0.39 is 0 Å². The van der Waals surface area contributed by atoms with Crippen LogP contribution in [0.15, 0.2) is 109 Å². The molecule has 34 heavy (non-hydrogen) atoms. The summed E-state index contributed by atoms with van der Waals surface area (Å²) in [5.41, 5.74) is 10.8. The van der Waals surface area contributed by atoms with Gasteiger partial charge in [-0.25, -0.2) is 0 Å². The fourth-order valence-electron chi connectivity index (χ4n) is 5.70. The lowest BCUT2D eigenvalue weighted by atomic mass is 9.81. The highest BCUT2D eigenvalue weighted by molar-refractivity contribution is 7.26. The summed E-state index contributed by atoms with van der Waals surface area (Å²) in [6, 6.07) is 40.3. The van der Waals surface area contributed by atoms with Crippen LogP contribution in [-0.4, -0.2) is 0 Å². The van der Waals surface area contributed by atoms with Crippen molar-refractivity contribution in [3.63, 3.8) is 0 Å². The van der Waals surface area contributed by atoms with Crippen molar-refractivity contribution >= 4 is 31.5 Å². The molecule has 0 bridgehead atoms. The molecule has 7 rings (SSSR count). The van der Waals surface area contributed by atoms with Crippen LogP contribution in [-0.2, 0) is 5.41 Å². The molecule has 0 fully saturated rings. The summed E-state index contributed by atoms with van der Waals surface area (Å²) >= 11 is 1.89. The van der Waals surface area contributed by atoms with Gasteiger partial charge in [0.1, 0.15) is 0 Å². The van der Waals surface area contributed by atoms with E-state index in [0.29, 0.717) is 0 Å². The molecule has 0 atom stereocenters. The summed E-state index contributed by atoms with van der Waals surface area (Å²) in [5.74, 6) is 0. The van der Waals surface area contributed by atoms with Crippen molar-refractivity contribution in [2.45, 2.75) is 19.3 Å². The van der Waals surface area contributed by atoms with Gasteiger partial charge in [0, 0.05) is 25.6 Å². The van der Waals surface area contributed by atoms with Gasteiger partial charge in [0.05, 0.1) is 0 Å². The molecule has 0 aliphatic heterocycles. The molecule has 0 unspecified atom stereocenters. The Hall–Kier alpha value is -3.68. The fraction of sp³-hybridized carbons (Fsp3) is 0.0909. The number of thiophene rings is 1. The second-order valence-corrected chi connectivity index (χ2v) is 10.8. The van der Waals surface area contributed by atoms with E-state index in [1.807, 2.05) is 11.3 Å². The van der Waals surface area contributed by atoms with Gasteiger partial charge < -0.3 is 0 Å². The van der Waals surface area contributed by atoms with Crippen molar-refractivity contribution in [1.82, 2.24) is 0 Å². The van der Waals surface area contributed by atoms with Crippen molar-refractivity contribution in [2.24, 2.45) is 0 Å². The lowest BCUT2D eigenvalue weighted by Crippen LogP contribution is -2.14. The van der Waals surface area contributed by atoms with Gasteiger partial charge >= 0.3 is 0 Å². The van der Waals surface area contributed by atoms with Gasteiger partial charge in [0.2, 0.25) is 0 Å². The molecule has 0 saturated heterocycles. The molecular formula is C33H24S. The molecule has 5 aromatic carbocycles. The number of hydrogen-bond donors (Lipinski definition) is 0. The molecule has 1 heterocycles. The zero-order valence-electron chi connectivity index (χ0n) is 19.3. The molecule has 0 radical (unpaired) electrons. The van der Waals surface area contributed by atoms with Crippen LogP contribution in [0.5, 0.6) is 0 Å². The van der Waals surface area contributed by atoms with Gasteiger partial charge in [-0.1, -0.05) is 111 Å². The third kappa shape index (κ3) is 2.77. The number of fused-ring (bicyclic) bond motifs is 6. The Labute approximate surface area is 204 Å². The number of benzene rings is 5. The molecule has 6 aromatic rings. The quantitative estimate of drug-likeness (QED) is 0.245. The highest BCUT2D eigenvalue weighted by atomic mass is 32.1. The van der Waals surface area contributed by atoms with Crippen molar-refractivity contribution in [3.8, 4) is 33.4 Å². The van der Waals surface area contributed by atoms with Gasteiger partial charge in [-0.3, -0.25) is 0 Å². The lowest BCUT2D eigenvalue weighted by Gasteiger charge is -2.22. The largest absolute Gasteiger partial charge is 0.135 e. The first-order valence-corrected chi connectivity index (χ1v) is 12.7. The Morgan fingerprint density at radius 1 is 0.500 bits per heavy atom. The van der Waals surface area contributed by atoms with E-state index in [9.17, 15) is 0 Å². The molecule has 162 valence electrons. The summed E-state index contributed by atoms with van der Waals surface area (Å²) in [7, 11) is 0. The van der Waals surface area contributed by atoms with E-state index in [0.717, 1.165) is 0 Å². The van der Waals surface area contributed by atoms with Crippen LogP contribution < -0.4 is 0 Å². The van der Waals surface area contributed by atoms with Crippen molar-refractivity contribution in [2.75, 3.05) is 0 Å². The molecule has 0 spiro atoms. The molecule has 1 heteroatoms. The van der Waals surface area contributed by atoms with Gasteiger partial charge in [0.25, 0.3) is 0 Å². The molecule has 1 aromatic heterocycles. The van der Waals surface area contributed by atoms with Gasteiger partial charge in [-0.2, -0.15) is 0 Å². The van der Waals surface area contributed by atoms with Crippen LogP contribution >= 0.6 is 11.3 Å². The molecule has 0 nitrogen and oxygen atoms in total. The minimum Gasteiger partial charge on any atom is -0.135 e. The summed E-state index contributed by atoms with van der Waals surface area (Å²) in [6.07, 6.45) is 0. The monoisotopic (exact) mass is 452 g/mol. The SMILES string of the molecule is CC1(C)c2ccccc2-c2ccc(-c3ccc(-c4cccc5c4sc4ccccc45)cc3)cc21. The third-order valence-corrected chi connectivity index (χ3v) is 8.74. The number of hydrogen-bond acceptors (Lipinski definition) is 1. The van der Waals surface area contributed by atoms with E-state index in [4.69, 9.17) is 0 Å². The van der Waals surface area contributed by atoms with Crippen molar-refractivity contribution in [3.05, 3.63) is 120 Å². The summed E-state index contributed by atoms with van der Waals surface area (Å²) in [4.78, 5) is 0. The lowest BCUT2D eigenvalue weighted by molar-refractivity contribution is 0.660. The Morgan fingerprint density at radius 2 is 1.15 bits per heavy atom. The predicted molar refractivity (Wildman–Crippen MR) is 148 cm³/mol. The molecule has 0 amide bonds. The Morgan fingerprint density at radius 3 is 2.03 bits per heavy atom. The Bertz CT molecular complexity index is 1710. The van der Waals surface area contributed by atoms with E-state index in [1.54, 1.807) is 0 Å². The molecule has 1 aliphatic carbocycles. The normalized spacial score (nSPS) is 13.8. The maximum absolute atomic E-state index is 2.40. The van der Waals surface area contributed by atoms with Crippen LogP contribution in [0.3, 0.4) is 0 Å². The van der Waals surface area contributed by atoms with Gasteiger partial charge in [-0.05, 0) is 56.6 Å². The van der Waals surface area contributed by atoms with E-state index in [1.165, 1.54) is 64.7 Å². The third-order valence-electron chi connectivity index (χ3n) is 7.52. The van der Waals surface area contributed by atoms with Crippen molar-refractivity contribution in [1.29, 1.82) is 0 Å². The summed E-state index contributed by atoms with van der Waals surface area (Å²) in [5, 5.41) is 2.70. The van der Waals surface area contributed by atoms with Crippen LogP contribution in [0.25, 0.3) is 53.6 Å². The maximum atomic E-state index is 2.40.